The van der Waals surface area contributed by atoms with Crippen LogP contribution in [0.15, 0.2) is 22.9 Å². The molecular weight excluding hydrogens is 364 g/mol. The van der Waals surface area contributed by atoms with Crippen LogP contribution < -0.4 is 10.6 Å². The van der Waals surface area contributed by atoms with Crippen molar-refractivity contribution in [1.29, 1.82) is 0 Å². The monoisotopic (exact) mass is 382 g/mol. The van der Waals surface area contributed by atoms with Crippen molar-refractivity contribution in [3.05, 3.63) is 22.9 Å². The van der Waals surface area contributed by atoms with Crippen molar-refractivity contribution in [2.75, 3.05) is 44.8 Å². The summed E-state index contributed by atoms with van der Waals surface area (Å²) in [4.78, 5) is 20.8. The molecule has 0 radical (unpaired) electrons. The SMILES string of the molecule is COC[C@H](N)C(=O)N1CCN(c2ccn3ncc(Br)c3n2)CC1. The summed E-state index contributed by atoms with van der Waals surface area (Å²) in [5, 5.41) is 4.19. The summed E-state index contributed by atoms with van der Waals surface area (Å²) in [6.07, 6.45) is 3.61. The van der Waals surface area contributed by atoms with E-state index in [1.54, 1.807) is 22.7 Å². The number of aromatic nitrogens is 3. The summed E-state index contributed by atoms with van der Waals surface area (Å²) in [6, 6.07) is 1.34. The number of rotatable bonds is 4. The van der Waals surface area contributed by atoms with Gasteiger partial charge in [-0.1, -0.05) is 0 Å². The van der Waals surface area contributed by atoms with Crippen LogP contribution in [0.25, 0.3) is 5.65 Å². The van der Waals surface area contributed by atoms with Crippen molar-refractivity contribution >= 4 is 33.3 Å². The fourth-order valence-electron chi connectivity index (χ4n) is 2.65. The van der Waals surface area contributed by atoms with Gasteiger partial charge in [0, 0.05) is 39.5 Å². The number of nitrogens with zero attached hydrogens (tertiary/aromatic N) is 5. The number of nitrogens with two attached hydrogens (primary N) is 1. The highest BCUT2D eigenvalue weighted by atomic mass is 79.9. The van der Waals surface area contributed by atoms with Gasteiger partial charge in [0.1, 0.15) is 11.9 Å². The lowest BCUT2D eigenvalue weighted by molar-refractivity contribution is -0.134. The number of hydrogen-bond acceptors (Lipinski definition) is 6. The van der Waals surface area contributed by atoms with E-state index in [4.69, 9.17) is 10.5 Å². The molecule has 8 nitrogen and oxygen atoms in total. The van der Waals surface area contributed by atoms with Crippen molar-refractivity contribution in [3.8, 4) is 0 Å². The van der Waals surface area contributed by atoms with Crippen molar-refractivity contribution < 1.29 is 9.53 Å². The Hall–Kier alpha value is -1.71. The second-order valence-corrected chi connectivity index (χ2v) is 6.27. The van der Waals surface area contributed by atoms with Crippen molar-refractivity contribution in [1.82, 2.24) is 19.5 Å². The summed E-state index contributed by atoms with van der Waals surface area (Å²) in [7, 11) is 1.54. The van der Waals surface area contributed by atoms with E-state index in [1.165, 1.54) is 0 Å². The summed E-state index contributed by atoms with van der Waals surface area (Å²) >= 11 is 3.44. The highest BCUT2D eigenvalue weighted by molar-refractivity contribution is 9.10. The molecule has 23 heavy (non-hydrogen) atoms. The Morgan fingerprint density at radius 3 is 2.87 bits per heavy atom. The highest BCUT2D eigenvalue weighted by Crippen LogP contribution is 2.20. The van der Waals surface area contributed by atoms with Crippen LogP contribution in [0, 0.1) is 0 Å². The van der Waals surface area contributed by atoms with Gasteiger partial charge >= 0.3 is 0 Å². The molecule has 1 aliphatic heterocycles. The van der Waals surface area contributed by atoms with Gasteiger partial charge in [0.2, 0.25) is 5.91 Å². The molecular formula is C14H19BrN6O2. The van der Waals surface area contributed by atoms with Gasteiger partial charge in [-0.15, -0.1) is 0 Å². The first-order chi connectivity index (χ1) is 11.1. The number of carbonyl (C=O) groups is 1. The van der Waals surface area contributed by atoms with Crippen LogP contribution in [-0.2, 0) is 9.53 Å². The summed E-state index contributed by atoms with van der Waals surface area (Å²) < 4.78 is 7.52. The number of piperazine rings is 1. The minimum absolute atomic E-state index is 0.0616. The number of carbonyl (C=O) groups excluding carboxylic acids is 1. The predicted molar refractivity (Wildman–Crippen MR) is 89.3 cm³/mol. The normalized spacial score (nSPS) is 16.8. The Kier molecular flexibility index (Phi) is 4.79. The first-order valence-corrected chi connectivity index (χ1v) is 8.17. The second-order valence-electron chi connectivity index (χ2n) is 5.42. The van der Waals surface area contributed by atoms with Gasteiger partial charge in [0.25, 0.3) is 0 Å². The number of ether oxygens (including phenoxy) is 1. The van der Waals surface area contributed by atoms with Crippen LogP contribution in [0.5, 0.6) is 0 Å². The molecule has 1 aliphatic rings. The van der Waals surface area contributed by atoms with Crippen molar-refractivity contribution in [2.24, 2.45) is 5.73 Å². The molecule has 0 aliphatic carbocycles. The quantitative estimate of drug-likeness (QED) is 0.807. The van der Waals surface area contributed by atoms with E-state index in [0.29, 0.717) is 13.1 Å². The predicted octanol–water partition coefficient (Wildman–Crippen LogP) is 0.114. The number of fused-ring (bicyclic) bond motifs is 1. The standard InChI is InChI=1S/C14H19BrN6O2/c1-23-9-11(16)14(22)20-6-4-19(5-7-20)12-2-3-21-13(18-12)10(15)8-17-21/h2-3,8,11H,4-7,9,16H2,1H3/t11-/m0/s1. The minimum atomic E-state index is -0.594. The lowest BCUT2D eigenvalue weighted by Gasteiger charge is -2.36. The Labute approximate surface area is 142 Å². The van der Waals surface area contributed by atoms with Crippen LogP contribution in [0.4, 0.5) is 5.82 Å². The molecule has 3 heterocycles. The fourth-order valence-corrected chi connectivity index (χ4v) is 3.01. The zero-order chi connectivity index (χ0) is 16.4. The van der Waals surface area contributed by atoms with E-state index >= 15 is 0 Å². The molecule has 0 bridgehead atoms. The highest BCUT2D eigenvalue weighted by Gasteiger charge is 2.25. The van der Waals surface area contributed by atoms with E-state index in [-0.39, 0.29) is 12.5 Å². The first kappa shape index (κ1) is 16.2. The molecule has 1 atom stereocenters. The molecule has 0 spiro atoms. The molecule has 2 aromatic heterocycles. The third-order valence-corrected chi connectivity index (χ3v) is 4.45. The van der Waals surface area contributed by atoms with Gasteiger partial charge in [-0.25, -0.2) is 9.50 Å². The lowest BCUT2D eigenvalue weighted by Crippen LogP contribution is -2.54. The molecule has 1 fully saturated rings. The van der Waals surface area contributed by atoms with Crippen LogP contribution in [0.3, 0.4) is 0 Å². The number of anilines is 1. The summed E-state index contributed by atoms with van der Waals surface area (Å²) in [5.41, 5.74) is 6.59. The van der Waals surface area contributed by atoms with Gasteiger partial charge in [-0.3, -0.25) is 4.79 Å². The van der Waals surface area contributed by atoms with E-state index in [1.807, 2.05) is 12.3 Å². The van der Waals surface area contributed by atoms with Gasteiger partial charge in [0.15, 0.2) is 5.65 Å². The zero-order valence-electron chi connectivity index (χ0n) is 12.9. The summed E-state index contributed by atoms with van der Waals surface area (Å²) in [5.74, 6) is 0.820. The van der Waals surface area contributed by atoms with Gasteiger partial charge in [-0.2, -0.15) is 5.10 Å². The number of methoxy groups -OCH3 is 1. The van der Waals surface area contributed by atoms with E-state index in [0.717, 1.165) is 29.0 Å². The molecule has 124 valence electrons. The van der Waals surface area contributed by atoms with Crippen molar-refractivity contribution in [2.45, 2.75) is 6.04 Å². The molecule has 0 aromatic carbocycles. The van der Waals surface area contributed by atoms with Crippen LogP contribution in [0.2, 0.25) is 0 Å². The largest absolute Gasteiger partial charge is 0.383 e. The molecule has 1 saturated heterocycles. The Balaban J connectivity index is 1.66. The van der Waals surface area contributed by atoms with Gasteiger partial charge < -0.3 is 20.3 Å². The van der Waals surface area contributed by atoms with E-state index < -0.39 is 6.04 Å². The topological polar surface area (TPSA) is 89.0 Å². The van der Waals surface area contributed by atoms with E-state index in [2.05, 4.69) is 30.9 Å². The van der Waals surface area contributed by atoms with Crippen LogP contribution in [0.1, 0.15) is 0 Å². The maximum absolute atomic E-state index is 12.2. The van der Waals surface area contributed by atoms with Gasteiger partial charge in [-0.05, 0) is 22.0 Å². The second kappa shape index (κ2) is 6.81. The average molecular weight is 383 g/mol. The van der Waals surface area contributed by atoms with Gasteiger partial charge in [0.05, 0.1) is 17.3 Å². The fraction of sp³-hybridized carbons (Fsp3) is 0.500. The summed E-state index contributed by atoms with van der Waals surface area (Å²) in [6.45, 7) is 2.94. The molecule has 9 heteroatoms. The molecule has 0 unspecified atom stereocenters. The first-order valence-electron chi connectivity index (χ1n) is 7.38. The molecule has 2 N–H and O–H groups in total. The maximum atomic E-state index is 12.2. The molecule has 0 saturated carbocycles. The Morgan fingerprint density at radius 1 is 1.43 bits per heavy atom. The number of halogens is 1. The minimum Gasteiger partial charge on any atom is -0.383 e. The third kappa shape index (κ3) is 3.31. The van der Waals surface area contributed by atoms with Crippen LogP contribution >= 0.6 is 15.9 Å². The molecule has 1 amide bonds. The number of hydrogen-bond donors (Lipinski definition) is 1. The van der Waals surface area contributed by atoms with Crippen LogP contribution in [-0.4, -0.2) is 71.3 Å². The maximum Gasteiger partial charge on any atom is 0.241 e. The smallest absolute Gasteiger partial charge is 0.241 e. The van der Waals surface area contributed by atoms with Crippen molar-refractivity contribution in [3.63, 3.8) is 0 Å². The molecule has 2 aromatic rings. The Bertz CT molecular complexity index is 698. The van der Waals surface area contributed by atoms with E-state index in [9.17, 15) is 4.79 Å². The number of amides is 1. The average Bonchev–Trinajstić information content (AvgIpc) is 2.95. The molecule has 3 rings (SSSR count). The third-order valence-electron chi connectivity index (χ3n) is 3.89. The lowest BCUT2D eigenvalue weighted by atomic mass is 10.2. The zero-order valence-corrected chi connectivity index (χ0v) is 14.4. The Morgan fingerprint density at radius 2 is 2.17 bits per heavy atom.